The van der Waals surface area contributed by atoms with E-state index in [9.17, 15) is 0 Å². The van der Waals surface area contributed by atoms with Gasteiger partial charge in [-0.05, 0) is 232 Å². The summed E-state index contributed by atoms with van der Waals surface area (Å²) in [4.78, 5) is 0. The summed E-state index contributed by atoms with van der Waals surface area (Å²) in [6, 6.07) is 90.8. The second-order valence-corrected chi connectivity index (χ2v) is 20.9. The van der Waals surface area contributed by atoms with Gasteiger partial charge in [-0.1, -0.05) is 194 Å². The molecule has 0 radical (unpaired) electrons. The third-order valence-corrected chi connectivity index (χ3v) is 17.4. The zero-order valence-corrected chi connectivity index (χ0v) is 40.1. The molecule has 336 valence electrons. The van der Waals surface area contributed by atoms with Crippen molar-refractivity contribution in [2.24, 2.45) is 0 Å². The number of hydrogen-bond acceptors (Lipinski definition) is 0. The maximum atomic E-state index is 2.47. The van der Waals surface area contributed by atoms with Gasteiger partial charge in [0, 0.05) is 0 Å². The number of rotatable bonds is 1. The van der Waals surface area contributed by atoms with Crippen LogP contribution in [-0.2, 0) is 0 Å². The Morgan fingerprint density at radius 3 is 0.986 bits per heavy atom. The van der Waals surface area contributed by atoms with Crippen LogP contribution in [0, 0.1) is 0 Å². The van der Waals surface area contributed by atoms with Crippen molar-refractivity contribution in [3.8, 4) is 11.1 Å². The zero-order valence-electron chi connectivity index (χ0n) is 40.1. The fourth-order valence-corrected chi connectivity index (χ4v) is 14.3. The molecule has 19 rings (SSSR count). The highest BCUT2D eigenvalue weighted by atomic mass is 14.2. The number of benzene rings is 15. The summed E-state index contributed by atoms with van der Waals surface area (Å²) in [5.74, 6) is 0. The molecule has 74 heavy (non-hydrogen) atoms. The van der Waals surface area contributed by atoms with Gasteiger partial charge in [-0.15, -0.1) is 0 Å². The summed E-state index contributed by atoms with van der Waals surface area (Å²) >= 11 is 0. The highest BCUT2D eigenvalue weighted by Gasteiger charge is 2.22. The molecule has 0 aliphatic carbocycles. The van der Waals surface area contributed by atoms with E-state index in [0.717, 1.165) is 0 Å². The van der Waals surface area contributed by atoms with Gasteiger partial charge in [0.15, 0.2) is 0 Å². The summed E-state index contributed by atoms with van der Waals surface area (Å²) in [6.45, 7) is 0. The second kappa shape index (κ2) is 14.1. The number of fused-ring (bicyclic) bond motifs is 20. The smallest absolute Gasteiger partial charge is 0.00137 e. The van der Waals surface area contributed by atoms with E-state index in [1.807, 2.05) is 0 Å². The molecule has 0 atom stereocenters. The van der Waals surface area contributed by atoms with Crippen LogP contribution in [0.3, 0.4) is 0 Å². The van der Waals surface area contributed by atoms with Crippen LogP contribution in [0.2, 0.25) is 0 Å². The molecule has 0 heteroatoms. The van der Waals surface area contributed by atoms with Gasteiger partial charge in [0.05, 0.1) is 0 Å². The zero-order chi connectivity index (χ0) is 47.9. The molecule has 0 bridgehead atoms. The van der Waals surface area contributed by atoms with Crippen molar-refractivity contribution >= 4 is 172 Å². The third-order valence-electron chi connectivity index (χ3n) is 17.4. The average molecular weight is 929 g/mol. The van der Waals surface area contributed by atoms with Crippen LogP contribution in [0.5, 0.6) is 0 Å². The maximum absolute atomic E-state index is 2.47. The summed E-state index contributed by atoms with van der Waals surface area (Å²) in [6.07, 6.45) is 0. The van der Waals surface area contributed by atoms with Crippen molar-refractivity contribution in [1.82, 2.24) is 0 Å². The molecule has 0 fully saturated rings. The van der Waals surface area contributed by atoms with E-state index in [1.54, 1.807) is 0 Å². The molecule has 19 aromatic rings. The maximum Gasteiger partial charge on any atom is -0.00137 e. The first-order valence-electron chi connectivity index (χ1n) is 26.0. The van der Waals surface area contributed by atoms with Crippen molar-refractivity contribution in [2.45, 2.75) is 0 Å². The van der Waals surface area contributed by atoms with Gasteiger partial charge in [0.2, 0.25) is 0 Å². The third kappa shape index (κ3) is 4.97. The summed E-state index contributed by atoms with van der Waals surface area (Å²) < 4.78 is 0. The minimum atomic E-state index is 1.27. The van der Waals surface area contributed by atoms with Crippen molar-refractivity contribution in [1.29, 1.82) is 0 Å². The topological polar surface area (TPSA) is 0 Å². The van der Waals surface area contributed by atoms with Crippen LogP contribution in [0.1, 0.15) is 0 Å². The van der Waals surface area contributed by atoms with E-state index >= 15 is 0 Å². The predicted octanol–water partition coefficient (Wildman–Crippen LogP) is 21.2. The molecule has 0 saturated heterocycles. The Kier molecular flexibility index (Phi) is 7.43. The van der Waals surface area contributed by atoms with Gasteiger partial charge in [-0.3, -0.25) is 0 Å². The van der Waals surface area contributed by atoms with Crippen LogP contribution in [0.15, 0.2) is 243 Å². The Morgan fingerprint density at radius 2 is 0.446 bits per heavy atom. The molecular formula is C74H40. The van der Waals surface area contributed by atoms with Gasteiger partial charge in [0.25, 0.3) is 0 Å². The van der Waals surface area contributed by atoms with E-state index < -0.39 is 0 Å². The molecule has 0 aliphatic heterocycles. The molecular weight excluding hydrogens is 889 g/mol. The normalized spacial score (nSPS) is 12.6. The predicted molar refractivity (Wildman–Crippen MR) is 323 cm³/mol. The average Bonchev–Trinajstić information content (AvgIpc) is 4.18. The van der Waals surface area contributed by atoms with Gasteiger partial charge < -0.3 is 0 Å². The first-order chi connectivity index (χ1) is 36.7. The molecule has 0 unspecified atom stereocenters. The SMILES string of the molecule is c1ccc(-c2ccc3c4cc5c(cc4cc4c6ccccc6c2c34)c2cccc3c4ccccc4cc5c32)cc1.c1ccc2c(c1)cc1c3cc4c(cc3c3cccc2c31)cc1c2ccccc2c2cccc4c21. The minimum absolute atomic E-state index is 1.27. The lowest BCUT2D eigenvalue weighted by atomic mass is 9.92. The summed E-state index contributed by atoms with van der Waals surface area (Å²) in [5.41, 5.74) is 2.58. The quantitative estimate of drug-likeness (QED) is 0.144. The lowest BCUT2D eigenvalue weighted by Crippen LogP contribution is -1.83. The first kappa shape index (κ1) is 39.0. The van der Waals surface area contributed by atoms with Crippen LogP contribution >= 0.6 is 0 Å². The van der Waals surface area contributed by atoms with E-state index in [1.165, 1.54) is 183 Å². The Morgan fingerprint density at radius 1 is 0.135 bits per heavy atom. The fraction of sp³-hybridized carbons (Fsp3) is 0. The van der Waals surface area contributed by atoms with Crippen LogP contribution in [0.4, 0.5) is 0 Å². The van der Waals surface area contributed by atoms with Crippen LogP contribution in [0.25, 0.3) is 183 Å². The molecule has 0 amide bonds. The fourth-order valence-electron chi connectivity index (χ4n) is 14.3. The van der Waals surface area contributed by atoms with Crippen molar-refractivity contribution in [3.63, 3.8) is 0 Å². The van der Waals surface area contributed by atoms with E-state index in [4.69, 9.17) is 0 Å². The monoisotopic (exact) mass is 928 g/mol. The molecule has 0 nitrogen and oxygen atoms in total. The van der Waals surface area contributed by atoms with Crippen molar-refractivity contribution in [2.75, 3.05) is 0 Å². The minimum Gasteiger partial charge on any atom is -0.0622 e. The molecule has 0 saturated carbocycles. The van der Waals surface area contributed by atoms with E-state index in [2.05, 4.69) is 243 Å². The molecule has 19 aromatic carbocycles. The lowest BCUT2D eigenvalue weighted by molar-refractivity contribution is 1.68. The largest absolute Gasteiger partial charge is 0.0622 e. The molecule has 0 aliphatic rings. The second-order valence-electron chi connectivity index (χ2n) is 20.9. The Balaban J connectivity index is 0.000000119. The lowest BCUT2D eigenvalue weighted by Gasteiger charge is -2.11. The van der Waals surface area contributed by atoms with Crippen molar-refractivity contribution < 1.29 is 0 Å². The van der Waals surface area contributed by atoms with E-state index in [-0.39, 0.29) is 0 Å². The Bertz CT molecular complexity index is 5580. The van der Waals surface area contributed by atoms with Gasteiger partial charge >= 0.3 is 0 Å². The van der Waals surface area contributed by atoms with Gasteiger partial charge in [-0.25, -0.2) is 0 Å². The Labute approximate surface area is 423 Å². The highest BCUT2D eigenvalue weighted by molar-refractivity contribution is 6.42. The van der Waals surface area contributed by atoms with Crippen molar-refractivity contribution in [3.05, 3.63) is 243 Å². The van der Waals surface area contributed by atoms with Crippen LogP contribution < -0.4 is 0 Å². The highest BCUT2D eigenvalue weighted by Crippen LogP contribution is 2.50. The van der Waals surface area contributed by atoms with Gasteiger partial charge in [0.1, 0.15) is 0 Å². The van der Waals surface area contributed by atoms with Crippen LogP contribution in [-0.4, -0.2) is 0 Å². The Hall–Kier alpha value is -9.62. The first-order valence-corrected chi connectivity index (χ1v) is 26.0. The molecule has 0 N–H and O–H groups in total. The molecule has 0 aromatic heterocycles. The standard InChI is InChI=1S/C40H22.C34H18/c1-2-9-23(10-3-1)27-17-18-32-33-22-35-34(20-25(33)21-36-28-13-6-7-14-30(28)39(27)40(32)36)31-16-8-15-29-26-12-5-4-11-24(26)19-37(35)38(29)31;1-2-8-21-19(7-1)15-32-30-18-28-20(16-29(30)27-14-5-11-24(21)33(27)32)17-31-23-10-4-3-9-22(23)25-12-6-13-26(28)34(25)31/h1-22H;1-18H. The molecule has 0 spiro atoms. The summed E-state index contributed by atoms with van der Waals surface area (Å²) in [7, 11) is 0. The molecule has 0 heterocycles. The van der Waals surface area contributed by atoms with Gasteiger partial charge in [-0.2, -0.15) is 0 Å². The number of hydrogen-bond donors (Lipinski definition) is 0. The summed E-state index contributed by atoms with van der Waals surface area (Å²) in [5, 5.41) is 43.3. The van der Waals surface area contributed by atoms with E-state index in [0.29, 0.717) is 0 Å².